The third-order valence-electron chi connectivity index (χ3n) is 9.40. The van der Waals surface area contributed by atoms with E-state index >= 15 is 0 Å². The number of aryl methyl sites for hydroxylation is 2. The third-order valence-corrected chi connectivity index (χ3v) is 9.40. The van der Waals surface area contributed by atoms with Crippen molar-refractivity contribution in [3.05, 3.63) is 47.5 Å². The van der Waals surface area contributed by atoms with Crippen LogP contribution in [0.15, 0.2) is 36.4 Å². The van der Waals surface area contributed by atoms with Crippen LogP contribution in [0, 0.1) is 0 Å². The lowest BCUT2D eigenvalue weighted by Crippen LogP contribution is -2.39. The van der Waals surface area contributed by atoms with Gasteiger partial charge in [-0.3, -0.25) is 9.59 Å². The monoisotopic (exact) mass is 843 g/mol. The number of benzene rings is 2. The van der Waals surface area contributed by atoms with Crippen molar-refractivity contribution in [1.82, 2.24) is 20.4 Å². The minimum atomic E-state index is -0.627. The summed E-state index contributed by atoms with van der Waals surface area (Å²) in [6.45, 7) is 14.0. The van der Waals surface area contributed by atoms with Gasteiger partial charge in [0.15, 0.2) is 23.0 Å². The number of rotatable bonds is 27. The SMILES string of the molecule is COc1ccc(CCCC(=O)NCCCN(CCCCCCN(CCCNC(=O)CCCc2ccc(OC)c(OC)c2)C(=O)OC(C)(C)C)C(=O)OC(C)(C)C)cc1OC. The van der Waals surface area contributed by atoms with Crippen molar-refractivity contribution in [2.75, 3.05) is 67.7 Å². The Kier molecular flexibility index (Phi) is 23.1. The summed E-state index contributed by atoms with van der Waals surface area (Å²) in [6.07, 6.45) is 7.39. The predicted octanol–water partition coefficient (Wildman–Crippen LogP) is 8.11. The maximum absolute atomic E-state index is 13.1. The first kappa shape index (κ1) is 51.3. The van der Waals surface area contributed by atoms with Crippen LogP contribution in [0.25, 0.3) is 0 Å². The highest BCUT2D eigenvalue weighted by Crippen LogP contribution is 2.29. The van der Waals surface area contributed by atoms with Crippen LogP contribution in [0.2, 0.25) is 0 Å². The molecule has 0 saturated carbocycles. The second kappa shape index (κ2) is 27.1. The second-order valence-corrected chi connectivity index (χ2v) is 16.8. The van der Waals surface area contributed by atoms with Crippen molar-refractivity contribution in [2.45, 2.75) is 130 Å². The van der Waals surface area contributed by atoms with E-state index in [0.717, 1.165) is 49.7 Å². The molecule has 2 aromatic carbocycles. The van der Waals surface area contributed by atoms with E-state index in [1.54, 1.807) is 38.2 Å². The maximum atomic E-state index is 13.1. The highest BCUT2D eigenvalue weighted by molar-refractivity contribution is 5.76. The molecule has 2 rings (SSSR count). The Morgan fingerprint density at radius 2 is 0.833 bits per heavy atom. The molecule has 0 heterocycles. The van der Waals surface area contributed by atoms with Gasteiger partial charge in [-0.1, -0.05) is 25.0 Å². The lowest BCUT2D eigenvalue weighted by molar-refractivity contribution is -0.122. The summed E-state index contributed by atoms with van der Waals surface area (Å²) < 4.78 is 32.7. The van der Waals surface area contributed by atoms with E-state index in [1.165, 1.54) is 0 Å². The van der Waals surface area contributed by atoms with E-state index in [9.17, 15) is 19.2 Å². The zero-order valence-corrected chi connectivity index (χ0v) is 38.2. The Balaban J connectivity index is 1.75. The Hall–Kier alpha value is -4.88. The average Bonchev–Trinajstić information content (AvgIpc) is 3.18. The molecule has 0 bridgehead atoms. The molecule has 14 heteroatoms. The quantitative estimate of drug-likeness (QED) is 0.0844. The molecule has 0 unspecified atom stereocenters. The number of unbranched alkanes of at least 4 members (excludes halogenated alkanes) is 3. The highest BCUT2D eigenvalue weighted by Gasteiger charge is 2.23. The number of ether oxygens (including phenoxy) is 6. The zero-order valence-electron chi connectivity index (χ0n) is 38.2. The average molecular weight is 843 g/mol. The van der Waals surface area contributed by atoms with Crippen LogP contribution in [0.1, 0.15) is 117 Å². The number of nitrogens with zero attached hydrogens (tertiary/aromatic N) is 2. The van der Waals surface area contributed by atoms with Crippen LogP contribution in [0.3, 0.4) is 0 Å². The molecule has 0 fully saturated rings. The summed E-state index contributed by atoms with van der Waals surface area (Å²) in [4.78, 5) is 54.7. The van der Waals surface area contributed by atoms with Gasteiger partial charge < -0.3 is 48.9 Å². The minimum absolute atomic E-state index is 0.0249. The van der Waals surface area contributed by atoms with Crippen LogP contribution < -0.4 is 29.6 Å². The molecular weight excluding hydrogens is 769 g/mol. The molecule has 0 aliphatic heterocycles. The number of methoxy groups -OCH3 is 4. The van der Waals surface area contributed by atoms with E-state index in [1.807, 2.05) is 77.9 Å². The van der Waals surface area contributed by atoms with E-state index in [0.29, 0.717) is 101 Å². The largest absolute Gasteiger partial charge is 0.493 e. The van der Waals surface area contributed by atoms with Gasteiger partial charge in [0.25, 0.3) is 0 Å². The lowest BCUT2D eigenvalue weighted by Gasteiger charge is -2.28. The zero-order chi connectivity index (χ0) is 44.6. The molecule has 338 valence electrons. The Morgan fingerprint density at radius 3 is 1.17 bits per heavy atom. The Bertz CT molecular complexity index is 1490. The summed E-state index contributed by atoms with van der Waals surface area (Å²) >= 11 is 0. The smallest absolute Gasteiger partial charge is 0.410 e. The van der Waals surface area contributed by atoms with Gasteiger partial charge in [-0.2, -0.15) is 0 Å². The van der Waals surface area contributed by atoms with Gasteiger partial charge in [-0.05, 0) is 128 Å². The first-order chi connectivity index (χ1) is 28.5. The molecule has 0 aliphatic rings. The standard InChI is InChI=1S/C46H74N4O10/c1-45(2,3)59-43(53)49(31-17-27-47-41(51)21-15-19-35-23-25-37(55-7)39(33-35)57-9)29-13-11-12-14-30-50(44(54)60-46(4,5)6)32-18-28-48-42(52)22-16-20-36-24-26-38(56-8)40(34-36)58-10/h23-26,33-34H,11-22,27-32H2,1-10H3,(H,47,51)(H,48,52). The molecule has 4 amide bonds. The summed E-state index contributed by atoms with van der Waals surface area (Å²) in [7, 11) is 6.40. The van der Waals surface area contributed by atoms with E-state index in [4.69, 9.17) is 28.4 Å². The van der Waals surface area contributed by atoms with E-state index in [2.05, 4.69) is 10.6 Å². The maximum Gasteiger partial charge on any atom is 0.410 e. The molecule has 60 heavy (non-hydrogen) atoms. The van der Waals surface area contributed by atoms with Gasteiger partial charge >= 0.3 is 12.2 Å². The first-order valence-corrected chi connectivity index (χ1v) is 21.4. The van der Waals surface area contributed by atoms with Gasteiger partial charge in [0, 0.05) is 52.1 Å². The van der Waals surface area contributed by atoms with Gasteiger partial charge in [-0.15, -0.1) is 0 Å². The topological polar surface area (TPSA) is 154 Å². The Morgan fingerprint density at radius 1 is 0.483 bits per heavy atom. The van der Waals surface area contributed by atoms with Gasteiger partial charge in [0.05, 0.1) is 28.4 Å². The molecule has 14 nitrogen and oxygen atoms in total. The van der Waals surface area contributed by atoms with Crippen molar-refractivity contribution in [3.63, 3.8) is 0 Å². The number of hydrogen-bond donors (Lipinski definition) is 2. The number of hydrogen-bond acceptors (Lipinski definition) is 10. The number of amides is 4. The fourth-order valence-corrected chi connectivity index (χ4v) is 6.35. The molecule has 0 spiro atoms. The van der Waals surface area contributed by atoms with Crippen LogP contribution in [-0.2, 0) is 31.9 Å². The lowest BCUT2D eigenvalue weighted by atomic mass is 10.1. The summed E-state index contributed by atoms with van der Waals surface area (Å²) in [5, 5.41) is 5.96. The molecule has 0 radical (unpaired) electrons. The van der Waals surface area contributed by atoms with Crippen molar-refractivity contribution in [1.29, 1.82) is 0 Å². The molecule has 2 aromatic rings. The predicted molar refractivity (Wildman–Crippen MR) is 234 cm³/mol. The van der Waals surface area contributed by atoms with Crippen molar-refractivity contribution < 1.29 is 47.6 Å². The van der Waals surface area contributed by atoms with E-state index < -0.39 is 11.2 Å². The summed E-state index contributed by atoms with van der Waals surface area (Å²) in [5.74, 6) is 2.63. The number of carbonyl (C=O) groups is 4. The van der Waals surface area contributed by atoms with Crippen LogP contribution in [0.5, 0.6) is 23.0 Å². The first-order valence-electron chi connectivity index (χ1n) is 21.4. The second-order valence-electron chi connectivity index (χ2n) is 16.8. The summed E-state index contributed by atoms with van der Waals surface area (Å²) in [5.41, 5.74) is 0.890. The van der Waals surface area contributed by atoms with Crippen molar-refractivity contribution in [2.24, 2.45) is 0 Å². The van der Waals surface area contributed by atoms with Crippen LogP contribution >= 0.6 is 0 Å². The fourth-order valence-electron chi connectivity index (χ4n) is 6.35. The van der Waals surface area contributed by atoms with Gasteiger partial charge in [0.1, 0.15) is 11.2 Å². The molecular formula is C46H74N4O10. The number of carbonyl (C=O) groups excluding carboxylic acids is 4. The van der Waals surface area contributed by atoms with Crippen molar-refractivity contribution in [3.8, 4) is 23.0 Å². The van der Waals surface area contributed by atoms with E-state index in [-0.39, 0.29) is 24.0 Å². The summed E-state index contributed by atoms with van der Waals surface area (Å²) in [6, 6.07) is 11.5. The molecule has 0 atom stereocenters. The molecule has 2 N–H and O–H groups in total. The normalized spacial score (nSPS) is 11.3. The van der Waals surface area contributed by atoms with Crippen LogP contribution in [-0.4, -0.2) is 113 Å². The van der Waals surface area contributed by atoms with Crippen molar-refractivity contribution >= 4 is 24.0 Å². The molecule has 0 saturated heterocycles. The minimum Gasteiger partial charge on any atom is -0.493 e. The highest BCUT2D eigenvalue weighted by atomic mass is 16.6. The third kappa shape index (κ3) is 21.4. The number of nitrogens with one attached hydrogen (secondary N) is 2. The molecule has 0 aromatic heterocycles. The van der Waals surface area contributed by atoms with Gasteiger partial charge in [-0.25, -0.2) is 9.59 Å². The van der Waals surface area contributed by atoms with Crippen LogP contribution in [0.4, 0.5) is 9.59 Å². The molecule has 0 aliphatic carbocycles. The Labute approximate surface area is 359 Å². The fraction of sp³-hybridized carbons (Fsp3) is 0.652. The van der Waals surface area contributed by atoms with Gasteiger partial charge in [0.2, 0.25) is 11.8 Å².